The van der Waals surface area contributed by atoms with E-state index in [0.717, 1.165) is 35.7 Å². The van der Waals surface area contributed by atoms with Crippen molar-refractivity contribution in [1.82, 2.24) is 0 Å². The van der Waals surface area contributed by atoms with Crippen LogP contribution in [0.3, 0.4) is 0 Å². The predicted octanol–water partition coefficient (Wildman–Crippen LogP) is 9.22. The van der Waals surface area contributed by atoms with E-state index >= 15 is 0 Å². The van der Waals surface area contributed by atoms with Crippen LogP contribution in [0.2, 0.25) is 0 Å². The molecule has 0 spiro atoms. The van der Waals surface area contributed by atoms with Gasteiger partial charge in [-0.1, -0.05) is 121 Å². The van der Waals surface area contributed by atoms with Crippen molar-refractivity contribution in [2.75, 3.05) is 40.5 Å². The summed E-state index contributed by atoms with van der Waals surface area (Å²) in [7, 11) is 0.385. The number of piperidine rings is 1. The maximum absolute atomic E-state index is 12.8. The molecule has 0 radical (unpaired) electrons. The van der Waals surface area contributed by atoms with Crippen LogP contribution in [0.1, 0.15) is 128 Å². The fraction of sp³-hybridized carbons (Fsp3) is 0.833. The Morgan fingerprint density at radius 1 is 0.795 bits per heavy atom. The van der Waals surface area contributed by atoms with Crippen molar-refractivity contribution in [3.8, 4) is 0 Å². The third kappa shape index (κ3) is 14.3. The summed E-state index contributed by atoms with van der Waals surface area (Å²) in [5.41, 5.74) is 1.04. The number of unbranched alkanes of at least 4 members (excludes halogenated alkanes) is 13. The summed E-state index contributed by atoms with van der Waals surface area (Å²) in [5, 5.41) is 0. The van der Waals surface area contributed by atoms with Gasteiger partial charge in [0.15, 0.2) is 0 Å². The molecule has 2 aliphatic heterocycles. The van der Waals surface area contributed by atoms with Crippen molar-refractivity contribution in [3.05, 3.63) is 35.9 Å². The lowest BCUT2D eigenvalue weighted by atomic mass is 9.89. The zero-order valence-corrected chi connectivity index (χ0v) is 29.2. The first-order valence-corrected chi connectivity index (χ1v) is 19.5. The van der Waals surface area contributed by atoms with Crippen LogP contribution in [0.15, 0.2) is 30.3 Å². The van der Waals surface area contributed by atoms with Crippen LogP contribution in [0.4, 0.5) is 0 Å². The topological polar surface area (TPSA) is 74.2 Å². The monoisotopic (exact) mass is 638 g/mol. The highest BCUT2D eigenvalue weighted by Gasteiger charge is 2.50. The van der Waals surface area contributed by atoms with E-state index in [-0.39, 0.29) is 19.1 Å². The van der Waals surface area contributed by atoms with Gasteiger partial charge in [-0.15, -0.1) is 0 Å². The molecule has 7 nitrogen and oxygen atoms in total. The van der Waals surface area contributed by atoms with Crippen molar-refractivity contribution < 1.29 is 32.5 Å². The van der Waals surface area contributed by atoms with Crippen LogP contribution >= 0.6 is 7.82 Å². The van der Waals surface area contributed by atoms with Gasteiger partial charge in [0, 0.05) is 31.8 Å². The van der Waals surface area contributed by atoms with E-state index in [1.165, 1.54) is 89.9 Å². The van der Waals surface area contributed by atoms with Crippen LogP contribution in [0.5, 0.6) is 0 Å². The second-order valence-electron chi connectivity index (χ2n) is 13.9. The molecular weight excluding hydrogens is 573 g/mol. The third-order valence-corrected chi connectivity index (χ3v) is 11.1. The Labute approximate surface area is 269 Å². The molecule has 0 saturated carbocycles. The van der Waals surface area contributed by atoms with Gasteiger partial charge in [0.25, 0.3) is 0 Å². The van der Waals surface area contributed by atoms with E-state index in [1.807, 2.05) is 30.3 Å². The Balaban J connectivity index is 1.28. The molecule has 0 aromatic heterocycles. The first-order valence-electron chi connectivity index (χ1n) is 18.0. The van der Waals surface area contributed by atoms with E-state index in [4.69, 9.17) is 18.5 Å². The standard InChI is InChI=1S/C36H64NO6P/c1-4-5-6-7-8-9-10-11-12-13-14-15-16-20-27-40-30-35(41-28-32-21-18-17-19-22-32)31-43-44(38,39)42-29-33-23-24-34-25-26-36(33)37(34,2)3/h17-19,21-22,33-36H,4-16,20,23-31H2,1-3H3/p+1. The van der Waals surface area contributed by atoms with Gasteiger partial charge in [-0.3, -0.25) is 9.05 Å². The number of fused-ring (bicyclic) bond motifs is 2. The van der Waals surface area contributed by atoms with E-state index in [0.29, 0.717) is 31.9 Å². The van der Waals surface area contributed by atoms with E-state index < -0.39 is 13.9 Å². The van der Waals surface area contributed by atoms with Gasteiger partial charge in [-0.2, -0.15) is 0 Å². The summed E-state index contributed by atoms with van der Waals surface area (Å²) < 4.78 is 36.9. The van der Waals surface area contributed by atoms with Crippen molar-refractivity contribution in [2.24, 2.45) is 5.92 Å². The van der Waals surface area contributed by atoms with Gasteiger partial charge in [0.2, 0.25) is 0 Å². The van der Waals surface area contributed by atoms with Crippen LogP contribution in [0, 0.1) is 5.92 Å². The lowest BCUT2D eigenvalue weighted by Crippen LogP contribution is -2.56. The molecule has 254 valence electrons. The molecule has 2 bridgehead atoms. The number of quaternary nitrogens is 1. The van der Waals surface area contributed by atoms with Gasteiger partial charge in [-0.05, 0) is 18.4 Å². The summed E-state index contributed by atoms with van der Waals surface area (Å²) in [5.74, 6) is 0.284. The maximum Gasteiger partial charge on any atom is 0.472 e. The van der Waals surface area contributed by atoms with Crippen molar-refractivity contribution in [2.45, 2.75) is 147 Å². The van der Waals surface area contributed by atoms with Crippen LogP contribution in [0.25, 0.3) is 0 Å². The molecular formula is C36H65NO6P+. The molecule has 0 aliphatic carbocycles. The fourth-order valence-corrected chi connectivity index (χ4v) is 8.11. The third-order valence-electron chi connectivity index (χ3n) is 10.2. The lowest BCUT2D eigenvalue weighted by molar-refractivity contribution is -0.934. The van der Waals surface area contributed by atoms with Crippen molar-refractivity contribution in [1.29, 1.82) is 0 Å². The average Bonchev–Trinajstić information content (AvgIpc) is 3.16. The molecule has 5 unspecified atom stereocenters. The Morgan fingerprint density at radius 2 is 1.39 bits per heavy atom. The number of ether oxygens (including phenoxy) is 2. The molecule has 1 N–H and O–H groups in total. The number of hydrogen-bond donors (Lipinski definition) is 1. The highest BCUT2D eigenvalue weighted by atomic mass is 31.2. The number of phosphoric acid groups is 1. The summed E-state index contributed by atoms with van der Waals surface area (Å²) >= 11 is 0. The first-order chi connectivity index (χ1) is 21.3. The van der Waals surface area contributed by atoms with Gasteiger partial charge >= 0.3 is 7.82 Å². The zero-order chi connectivity index (χ0) is 31.5. The van der Waals surface area contributed by atoms with Crippen molar-refractivity contribution in [3.63, 3.8) is 0 Å². The summed E-state index contributed by atoms with van der Waals surface area (Å²) in [6.45, 7) is 3.87. The lowest BCUT2D eigenvalue weighted by Gasteiger charge is -2.45. The number of benzene rings is 1. The van der Waals surface area contributed by atoms with Crippen molar-refractivity contribution >= 4 is 7.82 Å². The van der Waals surface area contributed by atoms with Crippen LogP contribution in [-0.2, 0) is 29.7 Å². The van der Waals surface area contributed by atoms with Gasteiger partial charge < -0.3 is 18.9 Å². The van der Waals surface area contributed by atoms with Crippen LogP contribution in [-0.4, -0.2) is 68.1 Å². The number of rotatable bonds is 26. The number of phosphoric ester groups is 1. The molecule has 3 rings (SSSR count). The second-order valence-corrected chi connectivity index (χ2v) is 15.4. The first kappa shape index (κ1) is 37.7. The molecule has 2 saturated heterocycles. The maximum atomic E-state index is 12.8. The van der Waals surface area contributed by atoms with Gasteiger partial charge in [0.1, 0.15) is 6.10 Å². The van der Waals surface area contributed by atoms with E-state index in [9.17, 15) is 9.46 Å². The minimum Gasteiger partial charge on any atom is -0.379 e. The summed E-state index contributed by atoms with van der Waals surface area (Å²) in [6, 6.07) is 11.1. The fourth-order valence-electron chi connectivity index (χ4n) is 7.30. The average molecular weight is 639 g/mol. The molecule has 2 aliphatic rings. The molecule has 1 aromatic rings. The number of hydrogen-bond acceptors (Lipinski definition) is 5. The smallest absolute Gasteiger partial charge is 0.379 e. The zero-order valence-electron chi connectivity index (χ0n) is 28.3. The molecule has 44 heavy (non-hydrogen) atoms. The highest BCUT2D eigenvalue weighted by molar-refractivity contribution is 7.47. The molecule has 2 heterocycles. The largest absolute Gasteiger partial charge is 0.472 e. The number of nitrogens with zero attached hydrogens (tertiary/aromatic N) is 1. The Morgan fingerprint density at radius 3 is 2.02 bits per heavy atom. The molecule has 1 aromatic carbocycles. The Kier molecular flexibility index (Phi) is 18.1. The van der Waals surface area contributed by atoms with Crippen LogP contribution < -0.4 is 0 Å². The Bertz CT molecular complexity index is 915. The summed E-state index contributed by atoms with van der Waals surface area (Å²) in [4.78, 5) is 10.5. The predicted molar refractivity (Wildman–Crippen MR) is 180 cm³/mol. The van der Waals surface area contributed by atoms with Gasteiger partial charge in [0.05, 0.1) is 52.6 Å². The van der Waals surface area contributed by atoms with Gasteiger partial charge in [-0.25, -0.2) is 4.57 Å². The minimum absolute atomic E-state index is 0.0446. The SMILES string of the molecule is CCCCCCCCCCCCCCCCOCC(COP(=O)(O)OCC1CCC2CCC1[N+]2(C)C)OCc1ccccc1. The quantitative estimate of drug-likeness (QED) is 0.0620. The highest BCUT2D eigenvalue weighted by Crippen LogP contribution is 2.47. The molecule has 0 amide bonds. The molecule has 2 fully saturated rings. The van der Waals surface area contributed by atoms with E-state index in [1.54, 1.807) is 0 Å². The molecule has 5 atom stereocenters. The molecule has 8 heteroatoms. The second kappa shape index (κ2) is 21.2. The Hall–Kier alpha value is -0.790. The minimum atomic E-state index is -4.19. The normalized spacial score (nSPS) is 23.0. The van der Waals surface area contributed by atoms with E-state index in [2.05, 4.69) is 21.0 Å². The summed E-state index contributed by atoms with van der Waals surface area (Å²) in [6.07, 6.45) is 22.7.